The minimum atomic E-state index is -0.230. The van der Waals surface area contributed by atoms with Crippen LogP contribution in [0.2, 0.25) is 0 Å². The van der Waals surface area contributed by atoms with Crippen molar-refractivity contribution in [1.29, 1.82) is 0 Å². The summed E-state index contributed by atoms with van der Waals surface area (Å²) in [4.78, 5) is 29.5. The molecule has 0 bridgehead atoms. The number of H-pyrrole nitrogens is 1. The molecule has 0 aliphatic heterocycles. The number of carbonyl (C=O) groups excluding carboxylic acids is 1. The first-order valence-corrected chi connectivity index (χ1v) is 5.96. The van der Waals surface area contributed by atoms with Gasteiger partial charge in [-0.1, -0.05) is 23.8 Å². The zero-order valence-electron chi connectivity index (χ0n) is 10.9. The molecular formula is C14H15N3O2. The minimum absolute atomic E-state index is 0.154. The highest BCUT2D eigenvalue weighted by Gasteiger charge is 2.04. The number of aryl methyl sites for hydroxylation is 1. The summed E-state index contributed by atoms with van der Waals surface area (Å²) in [7, 11) is 0. The fourth-order valence-corrected chi connectivity index (χ4v) is 1.74. The molecule has 0 atom stereocenters. The summed E-state index contributed by atoms with van der Waals surface area (Å²) in [6.45, 7) is 3.65. The highest BCUT2D eigenvalue weighted by atomic mass is 16.1. The van der Waals surface area contributed by atoms with E-state index in [0.29, 0.717) is 11.5 Å². The Morgan fingerprint density at radius 1 is 1.37 bits per heavy atom. The van der Waals surface area contributed by atoms with Gasteiger partial charge < -0.3 is 10.3 Å². The van der Waals surface area contributed by atoms with E-state index in [2.05, 4.69) is 15.3 Å². The summed E-state index contributed by atoms with van der Waals surface area (Å²) < 4.78 is 0. The van der Waals surface area contributed by atoms with Gasteiger partial charge in [0.1, 0.15) is 5.82 Å². The number of aromatic nitrogens is 2. The molecule has 0 unspecified atom stereocenters. The van der Waals surface area contributed by atoms with Gasteiger partial charge in [0.15, 0.2) is 0 Å². The Kier molecular flexibility index (Phi) is 3.75. The fourth-order valence-electron chi connectivity index (χ4n) is 1.74. The maximum Gasteiger partial charge on any atom is 0.251 e. The van der Waals surface area contributed by atoms with Crippen LogP contribution in [-0.2, 0) is 11.3 Å². The van der Waals surface area contributed by atoms with Crippen LogP contribution in [0.15, 0.2) is 35.1 Å². The van der Waals surface area contributed by atoms with Crippen molar-refractivity contribution in [2.75, 3.05) is 0 Å². The van der Waals surface area contributed by atoms with Crippen LogP contribution in [0.1, 0.15) is 18.2 Å². The largest absolute Gasteiger partial charge is 0.351 e. The number of hydrogen-bond donors (Lipinski definition) is 2. The lowest BCUT2D eigenvalue weighted by atomic mass is 10.1. The van der Waals surface area contributed by atoms with Crippen molar-refractivity contribution in [3.63, 3.8) is 0 Å². The number of hydrogen-bond acceptors (Lipinski definition) is 3. The summed E-state index contributed by atoms with van der Waals surface area (Å²) in [5.74, 6) is 0.357. The highest BCUT2D eigenvalue weighted by molar-refractivity contribution is 5.72. The van der Waals surface area contributed by atoms with Gasteiger partial charge in [0.25, 0.3) is 5.56 Å². The molecule has 0 aliphatic rings. The van der Waals surface area contributed by atoms with Crippen LogP contribution in [0.25, 0.3) is 11.4 Å². The lowest BCUT2D eigenvalue weighted by molar-refractivity contribution is -0.119. The molecule has 5 heteroatoms. The molecule has 0 spiro atoms. The SMILES string of the molecule is CC(=O)NCc1cc(=O)[nH]c(-c2cccc(C)c2)n1. The van der Waals surface area contributed by atoms with E-state index in [1.54, 1.807) is 0 Å². The van der Waals surface area contributed by atoms with E-state index < -0.39 is 0 Å². The maximum atomic E-state index is 11.6. The number of aromatic amines is 1. The van der Waals surface area contributed by atoms with Crippen molar-refractivity contribution >= 4 is 5.91 Å². The van der Waals surface area contributed by atoms with Gasteiger partial charge in [0.2, 0.25) is 5.91 Å². The molecule has 0 aliphatic carbocycles. The Bertz CT molecular complexity index is 662. The number of amides is 1. The number of nitrogens with zero attached hydrogens (tertiary/aromatic N) is 1. The quantitative estimate of drug-likeness (QED) is 0.872. The zero-order valence-corrected chi connectivity index (χ0v) is 10.9. The highest BCUT2D eigenvalue weighted by Crippen LogP contribution is 2.14. The van der Waals surface area contributed by atoms with Crippen molar-refractivity contribution in [2.45, 2.75) is 20.4 Å². The number of carbonyl (C=O) groups is 1. The summed E-state index contributed by atoms with van der Waals surface area (Å²) in [6.07, 6.45) is 0. The van der Waals surface area contributed by atoms with E-state index in [-0.39, 0.29) is 18.0 Å². The van der Waals surface area contributed by atoms with Gasteiger partial charge in [-0.3, -0.25) is 9.59 Å². The zero-order chi connectivity index (χ0) is 13.8. The first kappa shape index (κ1) is 13.0. The van der Waals surface area contributed by atoms with Crippen LogP contribution < -0.4 is 10.9 Å². The van der Waals surface area contributed by atoms with Crippen LogP contribution in [-0.4, -0.2) is 15.9 Å². The average Bonchev–Trinajstić information content (AvgIpc) is 2.36. The molecule has 0 radical (unpaired) electrons. The Hall–Kier alpha value is -2.43. The van der Waals surface area contributed by atoms with E-state index >= 15 is 0 Å². The molecular weight excluding hydrogens is 242 g/mol. The van der Waals surface area contributed by atoms with Crippen molar-refractivity contribution in [1.82, 2.24) is 15.3 Å². The predicted molar refractivity (Wildman–Crippen MR) is 72.6 cm³/mol. The lowest BCUT2D eigenvalue weighted by Gasteiger charge is -2.05. The van der Waals surface area contributed by atoms with E-state index in [1.807, 2.05) is 31.2 Å². The van der Waals surface area contributed by atoms with Gasteiger partial charge >= 0.3 is 0 Å². The second kappa shape index (κ2) is 5.48. The Balaban J connectivity index is 2.36. The Morgan fingerprint density at radius 2 is 2.16 bits per heavy atom. The molecule has 0 saturated heterocycles. The van der Waals surface area contributed by atoms with Crippen LogP contribution in [0.5, 0.6) is 0 Å². The van der Waals surface area contributed by atoms with Crippen LogP contribution in [0.3, 0.4) is 0 Å². The third-order valence-corrected chi connectivity index (χ3v) is 2.60. The molecule has 1 aromatic heterocycles. The van der Waals surface area contributed by atoms with E-state index in [1.165, 1.54) is 13.0 Å². The monoisotopic (exact) mass is 257 g/mol. The van der Waals surface area contributed by atoms with Gasteiger partial charge in [0, 0.05) is 18.6 Å². The summed E-state index contributed by atoms with van der Waals surface area (Å²) in [6, 6.07) is 9.09. The third kappa shape index (κ3) is 3.51. The van der Waals surface area contributed by atoms with Crippen LogP contribution >= 0.6 is 0 Å². The van der Waals surface area contributed by atoms with Crippen molar-refractivity contribution in [2.24, 2.45) is 0 Å². The molecule has 19 heavy (non-hydrogen) atoms. The molecule has 2 N–H and O–H groups in total. The Morgan fingerprint density at radius 3 is 2.84 bits per heavy atom. The number of rotatable bonds is 3. The molecule has 0 saturated carbocycles. The van der Waals surface area contributed by atoms with Gasteiger partial charge in [0.05, 0.1) is 12.2 Å². The number of nitrogens with one attached hydrogen (secondary N) is 2. The maximum absolute atomic E-state index is 11.6. The van der Waals surface area contributed by atoms with Crippen LogP contribution in [0.4, 0.5) is 0 Å². The molecule has 5 nitrogen and oxygen atoms in total. The lowest BCUT2D eigenvalue weighted by Crippen LogP contribution is -2.21. The normalized spacial score (nSPS) is 10.2. The summed E-state index contributed by atoms with van der Waals surface area (Å²) in [5.41, 5.74) is 2.25. The number of benzene rings is 1. The predicted octanol–water partition coefficient (Wildman–Crippen LogP) is 1.38. The standard InChI is InChI=1S/C14H15N3O2/c1-9-4-3-5-11(6-9)14-16-12(7-13(19)17-14)8-15-10(2)18/h3-7H,8H2,1-2H3,(H,15,18)(H,16,17,19). The van der Waals surface area contributed by atoms with Gasteiger partial charge in [-0.05, 0) is 13.0 Å². The summed E-state index contributed by atoms with van der Waals surface area (Å²) in [5, 5.41) is 2.62. The molecule has 2 rings (SSSR count). The van der Waals surface area contributed by atoms with E-state index in [9.17, 15) is 9.59 Å². The van der Waals surface area contributed by atoms with Gasteiger partial charge in [-0.2, -0.15) is 0 Å². The Labute approximate surface area is 110 Å². The van der Waals surface area contributed by atoms with Crippen molar-refractivity contribution in [3.8, 4) is 11.4 Å². The fraction of sp³-hybridized carbons (Fsp3) is 0.214. The van der Waals surface area contributed by atoms with Gasteiger partial charge in [-0.25, -0.2) is 4.98 Å². The first-order chi connectivity index (χ1) is 9.04. The second-order valence-corrected chi connectivity index (χ2v) is 4.36. The topological polar surface area (TPSA) is 74.8 Å². The van der Waals surface area contributed by atoms with E-state index in [4.69, 9.17) is 0 Å². The van der Waals surface area contributed by atoms with Crippen molar-refractivity contribution < 1.29 is 4.79 Å². The van der Waals surface area contributed by atoms with Crippen LogP contribution in [0, 0.1) is 6.92 Å². The third-order valence-electron chi connectivity index (χ3n) is 2.60. The molecule has 2 aromatic rings. The smallest absolute Gasteiger partial charge is 0.251 e. The molecule has 0 fully saturated rings. The minimum Gasteiger partial charge on any atom is -0.351 e. The molecule has 1 heterocycles. The first-order valence-electron chi connectivity index (χ1n) is 5.96. The molecule has 1 amide bonds. The molecule has 98 valence electrons. The second-order valence-electron chi connectivity index (χ2n) is 4.36. The molecule has 1 aromatic carbocycles. The summed E-state index contributed by atoms with van der Waals surface area (Å²) >= 11 is 0. The van der Waals surface area contributed by atoms with Crippen molar-refractivity contribution in [3.05, 3.63) is 51.9 Å². The average molecular weight is 257 g/mol. The van der Waals surface area contributed by atoms with E-state index in [0.717, 1.165) is 11.1 Å². The van der Waals surface area contributed by atoms with Gasteiger partial charge in [-0.15, -0.1) is 0 Å².